The van der Waals surface area contributed by atoms with Crippen molar-refractivity contribution in [1.82, 2.24) is 9.91 Å². The first kappa shape index (κ1) is 25.1. The molecule has 178 valence electrons. The van der Waals surface area contributed by atoms with Crippen molar-refractivity contribution in [2.24, 2.45) is 16.8 Å². The number of carbonyl (C=O) groups is 1. The minimum absolute atomic E-state index is 0.00418. The van der Waals surface area contributed by atoms with E-state index in [4.69, 9.17) is 0 Å². The topological polar surface area (TPSA) is 61.9 Å². The monoisotopic (exact) mass is 478 g/mol. The highest BCUT2D eigenvalue weighted by Gasteiger charge is 2.55. The van der Waals surface area contributed by atoms with Gasteiger partial charge in [-0.15, -0.1) is 0 Å². The number of nitrogens with zero attached hydrogens (tertiary/aromatic N) is 3. The molecule has 0 radical (unpaired) electrons. The molecule has 2 aromatic carbocycles. The van der Waals surface area contributed by atoms with Crippen LogP contribution in [0.25, 0.3) is 0 Å². The van der Waals surface area contributed by atoms with Crippen LogP contribution in [0.4, 0.5) is 18.0 Å². The Morgan fingerprint density at radius 3 is 2.52 bits per heavy atom. The van der Waals surface area contributed by atoms with Crippen LogP contribution in [-0.2, 0) is 11.3 Å². The standard InChI is InChI=1S/C23H24F3N3OS.CH5N/c1-4-15-7-5-6-14-8-9-17(25)13-19(14)23(15)29(22(30)28(2)3)27-21(31-23)18-12-16(24)10-11-20(18)26;1-2/h8-13,15H,4-7H2,1-3H3;2H2,1H3/t15-,23?;/m0./s1. The number of urea groups is 1. The lowest BCUT2D eigenvalue weighted by atomic mass is 9.87. The van der Waals surface area contributed by atoms with Crippen molar-refractivity contribution >= 4 is 22.8 Å². The number of hydrogen-bond acceptors (Lipinski definition) is 4. The van der Waals surface area contributed by atoms with E-state index < -0.39 is 28.4 Å². The van der Waals surface area contributed by atoms with Gasteiger partial charge in [0.25, 0.3) is 0 Å². The van der Waals surface area contributed by atoms with E-state index in [1.54, 1.807) is 20.2 Å². The molecule has 2 aromatic rings. The Morgan fingerprint density at radius 1 is 1.18 bits per heavy atom. The molecule has 5 nitrogen and oxygen atoms in total. The summed E-state index contributed by atoms with van der Waals surface area (Å²) in [6.07, 6.45) is 3.15. The first-order valence-corrected chi connectivity index (χ1v) is 11.7. The molecule has 0 saturated heterocycles. The zero-order valence-electron chi connectivity index (χ0n) is 19.2. The molecule has 1 unspecified atom stereocenters. The third-order valence-electron chi connectivity index (χ3n) is 5.98. The zero-order chi connectivity index (χ0) is 24.3. The van der Waals surface area contributed by atoms with Crippen LogP contribution in [0.15, 0.2) is 41.5 Å². The van der Waals surface area contributed by atoms with E-state index in [0.29, 0.717) is 12.0 Å². The van der Waals surface area contributed by atoms with Crippen molar-refractivity contribution in [1.29, 1.82) is 0 Å². The van der Waals surface area contributed by atoms with Crippen molar-refractivity contribution in [3.8, 4) is 0 Å². The molecule has 1 aliphatic carbocycles. The lowest BCUT2D eigenvalue weighted by molar-refractivity contribution is 0.109. The Hall–Kier alpha value is -2.52. The normalized spacial score (nSPS) is 21.6. The smallest absolute Gasteiger partial charge is 0.333 e. The van der Waals surface area contributed by atoms with Crippen LogP contribution in [0, 0.1) is 23.4 Å². The Bertz CT molecular complexity index is 1060. The van der Waals surface area contributed by atoms with Crippen molar-refractivity contribution in [2.75, 3.05) is 21.1 Å². The number of halogens is 3. The lowest BCUT2D eigenvalue weighted by Crippen LogP contribution is -2.50. The van der Waals surface area contributed by atoms with Gasteiger partial charge < -0.3 is 10.6 Å². The van der Waals surface area contributed by atoms with Crippen LogP contribution in [0.1, 0.15) is 42.9 Å². The number of fused-ring (bicyclic) bond motifs is 2. The summed E-state index contributed by atoms with van der Waals surface area (Å²) in [4.78, 5) is 13.6. The molecule has 0 aromatic heterocycles. The molecule has 2 N–H and O–H groups in total. The fourth-order valence-electron chi connectivity index (χ4n) is 4.48. The highest BCUT2D eigenvalue weighted by atomic mass is 32.2. The molecular formula is C24H29F3N4OS. The third-order valence-corrected chi connectivity index (χ3v) is 7.52. The minimum atomic E-state index is -1.04. The van der Waals surface area contributed by atoms with Gasteiger partial charge in [-0.1, -0.05) is 24.8 Å². The molecule has 2 aliphatic rings. The van der Waals surface area contributed by atoms with Crippen molar-refractivity contribution in [3.63, 3.8) is 0 Å². The summed E-state index contributed by atoms with van der Waals surface area (Å²) in [7, 11) is 4.72. The van der Waals surface area contributed by atoms with E-state index >= 15 is 0 Å². The summed E-state index contributed by atoms with van der Waals surface area (Å²) in [6.45, 7) is 2.02. The number of hydrazone groups is 1. The molecule has 1 heterocycles. The fourth-order valence-corrected chi connectivity index (χ4v) is 6.12. The predicted molar refractivity (Wildman–Crippen MR) is 126 cm³/mol. The van der Waals surface area contributed by atoms with Gasteiger partial charge in [0.1, 0.15) is 27.4 Å². The zero-order valence-corrected chi connectivity index (χ0v) is 20.1. The summed E-state index contributed by atoms with van der Waals surface area (Å²) in [6, 6.07) is 7.43. The SMILES string of the molecule is CC[C@H]1CCCc2ccc(F)cc2C12SC(c1cc(F)ccc1F)=NN2C(=O)N(C)C.CN. The molecule has 9 heteroatoms. The second kappa shape index (κ2) is 10.2. The molecule has 2 atom stereocenters. The number of thioether (sulfide) groups is 1. The molecule has 1 spiro atoms. The predicted octanol–water partition coefficient (Wildman–Crippen LogP) is 5.29. The number of hydrogen-bond donors (Lipinski definition) is 1. The Kier molecular flexibility index (Phi) is 7.74. The second-order valence-electron chi connectivity index (χ2n) is 8.12. The summed E-state index contributed by atoms with van der Waals surface area (Å²) in [5.74, 6) is -1.67. The molecule has 0 fully saturated rings. The lowest BCUT2D eigenvalue weighted by Gasteiger charge is -2.42. The Balaban J connectivity index is 0.00000149. The fraction of sp³-hybridized carbons (Fsp3) is 0.417. The maximum Gasteiger partial charge on any atom is 0.341 e. The number of amides is 2. The summed E-state index contributed by atoms with van der Waals surface area (Å²) >= 11 is 1.22. The van der Waals surface area contributed by atoms with Gasteiger partial charge in [-0.05, 0) is 80.1 Å². The Labute approximate surface area is 196 Å². The van der Waals surface area contributed by atoms with Gasteiger partial charge in [-0.2, -0.15) is 10.1 Å². The molecule has 33 heavy (non-hydrogen) atoms. The molecule has 4 rings (SSSR count). The van der Waals surface area contributed by atoms with E-state index in [9.17, 15) is 18.0 Å². The average molecular weight is 479 g/mol. The van der Waals surface area contributed by atoms with Gasteiger partial charge in [-0.25, -0.2) is 18.0 Å². The van der Waals surface area contributed by atoms with E-state index in [1.165, 1.54) is 40.9 Å². The number of aryl methyl sites for hydroxylation is 1. The second-order valence-corrected chi connectivity index (χ2v) is 9.33. The molecule has 0 bridgehead atoms. The van der Waals surface area contributed by atoms with Gasteiger partial charge in [0.15, 0.2) is 0 Å². The van der Waals surface area contributed by atoms with Crippen molar-refractivity contribution in [2.45, 2.75) is 37.5 Å². The largest absolute Gasteiger partial charge is 0.341 e. The van der Waals surface area contributed by atoms with E-state index in [0.717, 1.165) is 43.0 Å². The summed E-state index contributed by atoms with van der Waals surface area (Å²) in [5.41, 5.74) is 6.11. The van der Waals surface area contributed by atoms with E-state index in [1.807, 2.05) is 6.92 Å². The molecule has 0 saturated carbocycles. The van der Waals surface area contributed by atoms with Gasteiger partial charge >= 0.3 is 6.03 Å². The molecule has 1 aliphatic heterocycles. The molecule has 2 amide bonds. The highest BCUT2D eigenvalue weighted by Crippen LogP contribution is 2.57. The van der Waals surface area contributed by atoms with Crippen LogP contribution in [0.2, 0.25) is 0 Å². The Morgan fingerprint density at radius 2 is 1.85 bits per heavy atom. The van der Waals surface area contributed by atoms with Gasteiger partial charge in [-0.3, -0.25) is 0 Å². The first-order valence-electron chi connectivity index (χ1n) is 10.9. The highest BCUT2D eigenvalue weighted by molar-refractivity contribution is 8.15. The van der Waals surface area contributed by atoms with Crippen LogP contribution >= 0.6 is 11.8 Å². The van der Waals surface area contributed by atoms with Crippen LogP contribution in [0.5, 0.6) is 0 Å². The number of benzene rings is 2. The van der Waals surface area contributed by atoms with Crippen LogP contribution < -0.4 is 5.73 Å². The third kappa shape index (κ3) is 4.48. The van der Waals surface area contributed by atoms with Crippen molar-refractivity contribution in [3.05, 3.63) is 70.5 Å². The maximum absolute atomic E-state index is 14.6. The summed E-state index contributed by atoms with van der Waals surface area (Å²) in [5, 5.41) is 6.09. The maximum atomic E-state index is 14.6. The van der Waals surface area contributed by atoms with Crippen molar-refractivity contribution < 1.29 is 18.0 Å². The summed E-state index contributed by atoms with van der Waals surface area (Å²) < 4.78 is 43.0. The first-order chi connectivity index (χ1) is 15.8. The van der Waals surface area contributed by atoms with E-state index in [-0.39, 0.29) is 16.5 Å². The van der Waals surface area contributed by atoms with Crippen LogP contribution in [-0.4, -0.2) is 42.1 Å². The number of carbonyl (C=O) groups excluding carboxylic acids is 1. The van der Waals surface area contributed by atoms with Crippen LogP contribution in [0.3, 0.4) is 0 Å². The van der Waals surface area contributed by atoms with E-state index in [2.05, 4.69) is 10.8 Å². The average Bonchev–Trinajstić information content (AvgIpc) is 3.13. The van der Waals surface area contributed by atoms with Gasteiger partial charge in [0, 0.05) is 19.7 Å². The van der Waals surface area contributed by atoms with Gasteiger partial charge in [0.2, 0.25) is 0 Å². The molecular weight excluding hydrogens is 449 g/mol. The minimum Gasteiger partial charge on any atom is -0.333 e. The number of nitrogens with two attached hydrogens (primary N) is 1. The quantitative estimate of drug-likeness (QED) is 0.638. The van der Waals surface area contributed by atoms with Gasteiger partial charge in [0.05, 0.1) is 0 Å². The number of rotatable bonds is 2.